The maximum Gasteiger partial charge on any atom is 0.115 e. The van der Waals surface area contributed by atoms with Crippen LogP contribution in [0.2, 0.25) is 0 Å². The minimum absolute atomic E-state index is 0.894. The normalized spacial score (nSPS) is 17.2. The molecule has 94 valence electrons. The molecule has 1 aromatic rings. The van der Waals surface area contributed by atoms with Crippen molar-refractivity contribution in [2.24, 2.45) is 0 Å². The number of ether oxygens (including phenoxy) is 1. The molecule has 1 aliphatic rings. The van der Waals surface area contributed by atoms with Crippen LogP contribution >= 0.6 is 0 Å². The molecule has 4 nitrogen and oxygen atoms in total. The summed E-state index contributed by atoms with van der Waals surface area (Å²) in [6.45, 7) is 7.17. The minimum Gasteiger partial charge on any atom is -0.379 e. The van der Waals surface area contributed by atoms with Crippen molar-refractivity contribution >= 4 is 0 Å². The van der Waals surface area contributed by atoms with Crippen LogP contribution in [0, 0.1) is 6.92 Å². The van der Waals surface area contributed by atoms with E-state index in [0.717, 1.165) is 38.4 Å². The molecular weight excluding hydrogens is 214 g/mol. The van der Waals surface area contributed by atoms with Crippen LogP contribution in [0.25, 0.3) is 0 Å². The smallest absolute Gasteiger partial charge is 0.115 e. The fourth-order valence-electron chi connectivity index (χ4n) is 2.11. The number of unbranched alkanes of at least 4 members (excludes halogenated alkanes) is 1. The maximum atomic E-state index is 5.33. The van der Waals surface area contributed by atoms with Crippen molar-refractivity contribution in [2.45, 2.75) is 26.2 Å². The van der Waals surface area contributed by atoms with Gasteiger partial charge in [-0.15, -0.1) is 0 Å². The molecule has 0 saturated carbocycles. The molecule has 17 heavy (non-hydrogen) atoms. The molecule has 4 heteroatoms. The summed E-state index contributed by atoms with van der Waals surface area (Å²) in [4.78, 5) is 10.9. The average molecular weight is 235 g/mol. The summed E-state index contributed by atoms with van der Waals surface area (Å²) in [6.07, 6.45) is 5.16. The van der Waals surface area contributed by atoms with Gasteiger partial charge in [-0.2, -0.15) is 0 Å². The Kier molecular flexibility index (Phi) is 4.88. The van der Waals surface area contributed by atoms with Crippen LogP contribution in [-0.4, -0.2) is 47.7 Å². The number of aryl methyl sites for hydroxylation is 2. The fraction of sp³-hybridized carbons (Fsp3) is 0.692. The summed E-state index contributed by atoms with van der Waals surface area (Å²) in [6, 6.07) is 2.08. The number of hydrogen-bond acceptors (Lipinski definition) is 4. The van der Waals surface area contributed by atoms with Gasteiger partial charge in [0.15, 0.2) is 0 Å². The third kappa shape index (κ3) is 4.40. The fourth-order valence-corrected chi connectivity index (χ4v) is 2.11. The van der Waals surface area contributed by atoms with E-state index in [1.165, 1.54) is 25.1 Å². The van der Waals surface area contributed by atoms with Crippen LogP contribution < -0.4 is 0 Å². The van der Waals surface area contributed by atoms with Gasteiger partial charge in [-0.3, -0.25) is 4.90 Å². The molecule has 2 rings (SSSR count). The van der Waals surface area contributed by atoms with Gasteiger partial charge in [-0.1, -0.05) is 0 Å². The molecule has 0 atom stereocenters. The number of nitrogens with zero attached hydrogens (tertiary/aromatic N) is 3. The third-order valence-corrected chi connectivity index (χ3v) is 3.12. The largest absolute Gasteiger partial charge is 0.379 e. The monoisotopic (exact) mass is 235 g/mol. The molecule has 0 aromatic carbocycles. The van der Waals surface area contributed by atoms with E-state index in [9.17, 15) is 0 Å². The molecule has 1 saturated heterocycles. The van der Waals surface area contributed by atoms with Gasteiger partial charge in [0.2, 0.25) is 0 Å². The highest BCUT2D eigenvalue weighted by molar-refractivity contribution is 5.06. The lowest BCUT2D eigenvalue weighted by atomic mass is 10.1. The van der Waals surface area contributed by atoms with Gasteiger partial charge >= 0.3 is 0 Å². The van der Waals surface area contributed by atoms with Gasteiger partial charge in [-0.25, -0.2) is 9.97 Å². The van der Waals surface area contributed by atoms with Crippen LogP contribution in [0.1, 0.15) is 24.2 Å². The van der Waals surface area contributed by atoms with Crippen LogP contribution in [0.15, 0.2) is 12.4 Å². The van der Waals surface area contributed by atoms with Crippen LogP contribution in [0.5, 0.6) is 0 Å². The van der Waals surface area contributed by atoms with E-state index in [-0.39, 0.29) is 0 Å². The van der Waals surface area contributed by atoms with Gasteiger partial charge in [0.05, 0.1) is 13.2 Å². The van der Waals surface area contributed by atoms with Crippen molar-refractivity contribution in [1.82, 2.24) is 14.9 Å². The zero-order valence-corrected chi connectivity index (χ0v) is 10.6. The third-order valence-electron chi connectivity index (χ3n) is 3.12. The van der Waals surface area contributed by atoms with E-state index >= 15 is 0 Å². The summed E-state index contributed by atoms with van der Waals surface area (Å²) in [5.41, 5.74) is 2.22. The highest BCUT2D eigenvalue weighted by Crippen LogP contribution is 2.05. The molecule has 0 unspecified atom stereocenters. The molecule has 0 amide bonds. The Labute approximate surface area is 103 Å². The number of morpholine rings is 1. The van der Waals surface area contributed by atoms with Gasteiger partial charge in [-0.05, 0) is 38.8 Å². The Morgan fingerprint density at radius 1 is 1.24 bits per heavy atom. The number of rotatable bonds is 5. The Morgan fingerprint density at radius 2 is 2.06 bits per heavy atom. The first-order chi connectivity index (χ1) is 8.34. The number of aromatic nitrogens is 2. The van der Waals surface area contributed by atoms with Crippen molar-refractivity contribution in [2.75, 3.05) is 32.8 Å². The Hall–Kier alpha value is -1.00. The zero-order valence-electron chi connectivity index (χ0n) is 10.6. The first-order valence-electron chi connectivity index (χ1n) is 6.42. The predicted molar refractivity (Wildman–Crippen MR) is 67.0 cm³/mol. The number of hydrogen-bond donors (Lipinski definition) is 0. The second kappa shape index (κ2) is 6.67. The highest BCUT2D eigenvalue weighted by atomic mass is 16.5. The molecule has 2 heterocycles. The first-order valence-corrected chi connectivity index (χ1v) is 6.42. The van der Waals surface area contributed by atoms with Crippen molar-refractivity contribution in [1.29, 1.82) is 0 Å². The molecule has 1 aromatic heterocycles. The Bertz CT molecular complexity index is 337. The lowest BCUT2D eigenvalue weighted by Gasteiger charge is -2.26. The first kappa shape index (κ1) is 12.5. The minimum atomic E-state index is 0.894. The second-order valence-electron chi connectivity index (χ2n) is 4.56. The van der Waals surface area contributed by atoms with Crippen molar-refractivity contribution in [3.63, 3.8) is 0 Å². The van der Waals surface area contributed by atoms with Gasteiger partial charge in [0, 0.05) is 24.5 Å². The van der Waals surface area contributed by atoms with Crippen molar-refractivity contribution in [3.05, 3.63) is 23.8 Å². The molecule has 0 radical (unpaired) electrons. The zero-order chi connectivity index (χ0) is 11.9. The van der Waals surface area contributed by atoms with E-state index in [0.29, 0.717) is 0 Å². The molecule has 0 aliphatic carbocycles. The lowest BCUT2D eigenvalue weighted by molar-refractivity contribution is 0.0372. The summed E-state index contributed by atoms with van der Waals surface area (Å²) >= 11 is 0. The summed E-state index contributed by atoms with van der Waals surface area (Å²) in [5.74, 6) is 0. The van der Waals surface area contributed by atoms with E-state index in [4.69, 9.17) is 4.74 Å². The van der Waals surface area contributed by atoms with Crippen LogP contribution in [-0.2, 0) is 11.2 Å². The van der Waals surface area contributed by atoms with Gasteiger partial charge in [0.1, 0.15) is 6.33 Å². The summed E-state index contributed by atoms with van der Waals surface area (Å²) < 4.78 is 5.33. The Balaban J connectivity index is 1.62. The lowest BCUT2D eigenvalue weighted by Crippen LogP contribution is -2.36. The van der Waals surface area contributed by atoms with E-state index in [1.807, 2.05) is 6.92 Å². The maximum absolute atomic E-state index is 5.33. The summed E-state index contributed by atoms with van der Waals surface area (Å²) in [5, 5.41) is 0. The average Bonchev–Trinajstić information content (AvgIpc) is 2.36. The quantitative estimate of drug-likeness (QED) is 0.724. The van der Waals surface area contributed by atoms with Gasteiger partial charge in [0.25, 0.3) is 0 Å². The molecular formula is C13H21N3O. The molecule has 1 fully saturated rings. The highest BCUT2D eigenvalue weighted by Gasteiger charge is 2.09. The summed E-state index contributed by atoms with van der Waals surface area (Å²) in [7, 11) is 0. The molecule has 0 spiro atoms. The van der Waals surface area contributed by atoms with E-state index in [1.54, 1.807) is 6.33 Å². The standard InChI is InChI=1S/C13H21N3O/c1-12-10-13(15-11-14-12)4-2-3-5-16-6-8-17-9-7-16/h10-11H,2-9H2,1H3. The topological polar surface area (TPSA) is 38.2 Å². The van der Waals surface area contributed by atoms with E-state index in [2.05, 4.69) is 20.9 Å². The predicted octanol–water partition coefficient (Wildman–Crippen LogP) is 1.44. The van der Waals surface area contributed by atoms with Crippen molar-refractivity contribution < 1.29 is 4.74 Å². The van der Waals surface area contributed by atoms with Crippen molar-refractivity contribution in [3.8, 4) is 0 Å². The van der Waals surface area contributed by atoms with Crippen LogP contribution in [0.3, 0.4) is 0 Å². The Morgan fingerprint density at radius 3 is 2.82 bits per heavy atom. The molecule has 0 N–H and O–H groups in total. The SMILES string of the molecule is Cc1cc(CCCCN2CCOCC2)ncn1. The molecule has 0 bridgehead atoms. The molecule has 1 aliphatic heterocycles. The van der Waals surface area contributed by atoms with E-state index < -0.39 is 0 Å². The van der Waals surface area contributed by atoms with Gasteiger partial charge < -0.3 is 4.74 Å². The van der Waals surface area contributed by atoms with Crippen LogP contribution in [0.4, 0.5) is 0 Å². The second-order valence-corrected chi connectivity index (χ2v) is 4.56.